The molecule has 6 aromatic rings. The molecule has 13 heteroatoms. The van der Waals surface area contributed by atoms with Crippen molar-refractivity contribution in [2.24, 2.45) is 0 Å². The molecule has 11 nitrogen and oxygen atoms in total. The molecule has 0 bridgehead atoms. The largest absolute Gasteiger partial charge is 0.478 e. The van der Waals surface area contributed by atoms with Crippen molar-refractivity contribution in [2.75, 3.05) is 14.2 Å². The number of aromatic nitrogens is 6. The van der Waals surface area contributed by atoms with Gasteiger partial charge in [-0.15, -0.1) is 0 Å². The minimum atomic E-state index is -1.03. The second kappa shape index (κ2) is 17.4. The van der Waals surface area contributed by atoms with Crippen molar-refractivity contribution in [3.05, 3.63) is 155 Å². The first-order chi connectivity index (χ1) is 23.7. The maximum Gasteiger partial charge on any atom is 0.339 e. The number of carbonyl (C=O) groups excluding carboxylic acids is 1. The number of nitrogens with zero attached hydrogens (tertiary/aromatic N) is 7. The van der Waals surface area contributed by atoms with Crippen molar-refractivity contribution in [1.29, 1.82) is 0 Å². The van der Waals surface area contributed by atoms with E-state index in [0.29, 0.717) is 54.3 Å². The Morgan fingerprint density at radius 3 is 1.54 bits per heavy atom. The summed E-state index contributed by atoms with van der Waals surface area (Å²) in [7, 11) is 2.98. The Bertz CT molecular complexity index is 1980. The normalized spacial score (nSPS) is 10.5. The lowest BCUT2D eigenvalue weighted by molar-refractivity contribution is -0.0757. The smallest absolute Gasteiger partial charge is 0.339 e. The number of carbonyl (C=O) groups is 2. The molecule has 0 aliphatic rings. The molecule has 0 aliphatic carbocycles. The molecule has 0 atom stereocenters. The van der Waals surface area contributed by atoms with E-state index >= 15 is 0 Å². The van der Waals surface area contributed by atoms with E-state index < -0.39 is 5.97 Å². The molecule has 2 aromatic carbocycles. The monoisotopic (exact) mass is 681 g/mol. The molecule has 0 spiro atoms. The van der Waals surface area contributed by atoms with Gasteiger partial charge >= 0.3 is 5.97 Å². The summed E-state index contributed by atoms with van der Waals surface area (Å²) in [5, 5.41) is 19.4. The van der Waals surface area contributed by atoms with Crippen LogP contribution >= 0.6 is 0 Å². The number of benzene rings is 2. The summed E-state index contributed by atoms with van der Waals surface area (Å²) >= 11 is 0. The minimum Gasteiger partial charge on any atom is -0.478 e. The lowest BCUT2D eigenvalue weighted by Gasteiger charge is -2.13. The number of rotatable bonds is 11. The van der Waals surface area contributed by atoms with Crippen LogP contribution < -0.4 is 0 Å². The van der Waals surface area contributed by atoms with Gasteiger partial charge in [-0.1, -0.05) is 43.8 Å². The third-order valence-corrected chi connectivity index (χ3v) is 7.50. The van der Waals surface area contributed by atoms with Gasteiger partial charge in [0, 0.05) is 31.8 Å². The molecule has 0 saturated heterocycles. The van der Waals surface area contributed by atoms with Crippen LogP contribution in [0.3, 0.4) is 0 Å². The zero-order chi connectivity index (χ0) is 34.8. The summed E-state index contributed by atoms with van der Waals surface area (Å²) in [4.78, 5) is 37.4. The number of amides is 1. The average molecular weight is 682 g/mol. The van der Waals surface area contributed by atoms with Gasteiger partial charge in [0.15, 0.2) is 11.6 Å². The highest BCUT2D eigenvalue weighted by molar-refractivity contribution is 5.94. The molecule has 50 heavy (non-hydrogen) atoms. The molecule has 4 aromatic heterocycles. The van der Waals surface area contributed by atoms with Gasteiger partial charge in [0.05, 0.1) is 24.1 Å². The van der Waals surface area contributed by atoms with Crippen molar-refractivity contribution in [1.82, 2.24) is 34.6 Å². The zero-order valence-electron chi connectivity index (χ0n) is 26.8. The fraction of sp³-hybridized carbons (Fsp3) is 0.189. The van der Waals surface area contributed by atoms with Gasteiger partial charge in [-0.25, -0.2) is 38.0 Å². The Kier molecular flexibility index (Phi) is 12.8. The molecule has 4 heterocycles. The van der Waals surface area contributed by atoms with E-state index in [1.807, 2.05) is 24.3 Å². The van der Waals surface area contributed by atoms with Crippen LogP contribution in [0.15, 0.2) is 110 Å². The van der Waals surface area contributed by atoms with E-state index in [0.717, 1.165) is 16.2 Å². The van der Waals surface area contributed by atoms with Gasteiger partial charge in [0.1, 0.15) is 17.2 Å². The van der Waals surface area contributed by atoms with Gasteiger partial charge < -0.3 is 5.11 Å². The van der Waals surface area contributed by atoms with Crippen molar-refractivity contribution in [2.45, 2.75) is 33.1 Å². The summed E-state index contributed by atoms with van der Waals surface area (Å²) in [5.74, 6) is -0.701. The van der Waals surface area contributed by atoms with Crippen LogP contribution in [0.5, 0.6) is 0 Å². The Morgan fingerprint density at radius 1 is 0.700 bits per heavy atom. The van der Waals surface area contributed by atoms with Crippen LogP contribution in [0, 0.1) is 11.6 Å². The first kappa shape index (κ1) is 36.8. The van der Waals surface area contributed by atoms with E-state index in [1.165, 1.54) is 42.3 Å². The molecule has 0 radical (unpaired) electrons. The number of pyridine rings is 2. The third kappa shape index (κ3) is 9.51. The number of carboxylic acid groups (broad SMARTS) is 1. The van der Waals surface area contributed by atoms with E-state index in [1.54, 1.807) is 66.7 Å². The van der Waals surface area contributed by atoms with Crippen LogP contribution in [0.2, 0.25) is 0 Å². The molecular weight excluding hydrogens is 644 g/mol. The topological polar surface area (TPSA) is 128 Å². The molecule has 0 aliphatic heterocycles. The fourth-order valence-electron chi connectivity index (χ4n) is 4.84. The number of hydrogen-bond acceptors (Lipinski definition) is 7. The van der Waals surface area contributed by atoms with E-state index in [9.17, 15) is 23.5 Å². The predicted octanol–water partition coefficient (Wildman–Crippen LogP) is 6.35. The number of aryl methyl sites for hydroxylation is 4. The minimum absolute atomic E-state index is 0. The Morgan fingerprint density at radius 2 is 1.14 bits per heavy atom. The molecule has 0 unspecified atom stereocenters. The van der Waals surface area contributed by atoms with Crippen LogP contribution in [0.25, 0.3) is 11.6 Å². The maximum atomic E-state index is 13.1. The lowest BCUT2D eigenvalue weighted by atomic mass is 10.1. The maximum absolute atomic E-state index is 13.1. The van der Waals surface area contributed by atoms with E-state index in [2.05, 4.69) is 20.2 Å². The Labute approximate surface area is 288 Å². The molecule has 6 rings (SSSR count). The second-order valence-corrected chi connectivity index (χ2v) is 10.8. The van der Waals surface area contributed by atoms with Crippen LogP contribution in [0.1, 0.15) is 50.7 Å². The van der Waals surface area contributed by atoms with Crippen LogP contribution in [-0.4, -0.2) is 65.7 Å². The van der Waals surface area contributed by atoms with Gasteiger partial charge in [0.25, 0.3) is 5.91 Å². The van der Waals surface area contributed by atoms with Crippen molar-refractivity contribution in [3.63, 3.8) is 0 Å². The van der Waals surface area contributed by atoms with Crippen molar-refractivity contribution >= 4 is 11.9 Å². The molecule has 0 fully saturated rings. The number of carboxylic acids is 1. The van der Waals surface area contributed by atoms with Gasteiger partial charge in [0.2, 0.25) is 0 Å². The molecular formula is C37H37F2N7O4. The summed E-state index contributed by atoms with van der Waals surface area (Å²) in [5.41, 5.74) is 3.61. The van der Waals surface area contributed by atoms with Crippen molar-refractivity contribution < 1.29 is 28.3 Å². The third-order valence-electron chi connectivity index (χ3n) is 7.50. The van der Waals surface area contributed by atoms with Gasteiger partial charge in [-0.05, 0) is 85.3 Å². The Hall–Kier alpha value is -6.08. The summed E-state index contributed by atoms with van der Waals surface area (Å²) in [6.07, 6.45) is 8.60. The summed E-state index contributed by atoms with van der Waals surface area (Å²) in [6.45, 7) is 0. The number of hydroxylamine groups is 2. The zero-order valence-corrected chi connectivity index (χ0v) is 26.8. The second-order valence-electron chi connectivity index (χ2n) is 10.8. The van der Waals surface area contributed by atoms with Crippen molar-refractivity contribution in [3.8, 4) is 11.6 Å². The first-order valence-corrected chi connectivity index (χ1v) is 15.3. The number of aromatic carboxylic acids is 1. The predicted molar refractivity (Wildman–Crippen MR) is 183 cm³/mol. The highest BCUT2D eigenvalue weighted by Crippen LogP contribution is 2.17. The standard InChI is InChI=1S/C19H19FN4O2.C17H14FN3O2.CH4/c1-23(26-2)19(25)16-13-24(18-5-3-4-12-21-18)22-17(16)11-8-14-6-9-15(20)10-7-14;18-13-7-4-12(5-8-13)6-9-15-14(17(22)23)11-21(20-15)16-3-1-2-10-19-16;/h3-7,9-10,12-13H,8,11H2,1-2H3;1-5,7-8,10-11H,6,9H2,(H,22,23);1H4. The highest BCUT2D eigenvalue weighted by Gasteiger charge is 2.21. The first-order valence-electron chi connectivity index (χ1n) is 15.3. The Balaban J connectivity index is 0.000000222. The summed E-state index contributed by atoms with van der Waals surface area (Å²) in [6, 6.07) is 23.3. The molecule has 1 N–H and O–H groups in total. The molecule has 0 saturated carbocycles. The fourth-order valence-corrected chi connectivity index (χ4v) is 4.84. The van der Waals surface area contributed by atoms with E-state index in [-0.39, 0.29) is 30.5 Å². The average Bonchev–Trinajstić information content (AvgIpc) is 3.77. The molecule has 1 amide bonds. The van der Waals surface area contributed by atoms with Gasteiger partial charge in [-0.3, -0.25) is 9.63 Å². The highest BCUT2D eigenvalue weighted by atomic mass is 19.1. The van der Waals surface area contributed by atoms with Gasteiger partial charge in [-0.2, -0.15) is 10.2 Å². The van der Waals surface area contributed by atoms with Crippen LogP contribution in [-0.2, 0) is 30.5 Å². The summed E-state index contributed by atoms with van der Waals surface area (Å²) < 4.78 is 29.0. The SMILES string of the molecule is C.CON(C)C(=O)c1cn(-c2ccccn2)nc1CCc1ccc(F)cc1.O=C(O)c1cn(-c2ccccn2)nc1CCc1ccc(F)cc1. The number of halogens is 2. The van der Waals surface area contributed by atoms with E-state index in [4.69, 9.17) is 4.84 Å². The molecule has 258 valence electrons. The quantitative estimate of drug-likeness (QED) is 0.157. The van der Waals surface area contributed by atoms with Crippen LogP contribution in [0.4, 0.5) is 8.78 Å². The lowest BCUT2D eigenvalue weighted by Crippen LogP contribution is -2.26. The number of hydrogen-bond donors (Lipinski definition) is 1.